The maximum absolute atomic E-state index is 6.03. The van der Waals surface area contributed by atoms with Crippen molar-refractivity contribution in [3.05, 3.63) is 35.0 Å². The fraction of sp³-hybridized carbons (Fsp3) is 0.560. The van der Waals surface area contributed by atoms with Gasteiger partial charge in [-0.1, -0.05) is 32.4 Å². The van der Waals surface area contributed by atoms with Crippen LogP contribution in [0.25, 0.3) is 11.0 Å². The number of nitrogens with one attached hydrogen (secondary N) is 2. The highest BCUT2D eigenvalue weighted by molar-refractivity contribution is 5.88. The largest absolute Gasteiger partial charge is 0.496 e. The molecule has 0 aliphatic carbocycles. The lowest BCUT2D eigenvalue weighted by Crippen LogP contribution is -2.34. The first-order valence-corrected chi connectivity index (χ1v) is 12.4. The highest BCUT2D eigenvalue weighted by atomic mass is 16.5. The van der Waals surface area contributed by atoms with Crippen LogP contribution in [-0.4, -0.2) is 52.7 Å². The van der Waals surface area contributed by atoms with Gasteiger partial charge < -0.3 is 25.8 Å². The molecule has 0 bridgehead atoms. The zero-order valence-corrected chi connectivity index (χ0v) is 20.6. The van der Waals surface area contributed by atoms with Gasteiger partial charge in [-0.05, 0) is 37.3 Å². The first kappa shape index (κ1) is 24.2. The number of hydrogen-bond acceptors (Lipinski definition) is 8. The van der Waals surface area contributed by atoms with Gasteiger partial charge in [-0.2, -0.15) is 10.1 Å². The van der Waals surface area contributed by atoms with E-state index in [2.05, 4.69) is 52.6 Å². The number of nitrogens with zero attached hydrogens (tertiary/aromatic N) is 4. The first-order valence-electron chi connectivity index (χ1n) is 12.4. The van der Waals surface area contributed by atoms with Crippen molar-refractivity contribution < 1.29 is 9.47 Å². The molecule has 0 unspecified atom stereocenters. The predicted octanol–water partition coefficient (Wildman–Crippen LogP) is 3.51. The first-order chi connectivity index (χ1) is 16.6. The number of aryl methyl sites for hydroxylation is 1. The summed E-state index contributed by atoms with van der Waals surface area (Å²) in [5.41, 5.74) is 10.9. The monoisotopic (exact) mass is 467 g/mol. The summed E-state index contributed by atoms with van der Waals surface area (Å²) >= 11 is 0. The second-order valence-electron chi connectivity index (χ2n) is 8.78. The Morgan fingerprint density at radius 2 is 2.03 bits per heavy atom. The van der Waals surface area contributed by atoms with Gasteiger partial charge in [0.2, 0.25) is 5.95 Å². The van der Waals surface area contributed by atoms with Crippen LogP contribution in [0.5, 0.6) is 5.75 Å². The van der Waals surface area contributed by atoms with Crippen LogP contribution >= 0.6 is 0 Å². The Labute approximate surface area is 201 Å². The number of ether oxygens (including phenoxy) is 2. The van der Waals surface area contributed by atoms with E-state index in [4.69, 9.17) is 20.3 Å². The van der Waals surface area contributed by atoms with Crippen molar-refractivity contribution in [2.75, 3.05) is 37.9 Å². The number of benzene rings is 1. The molecular formula is C25H37N7O2. The topological polar surface area (TPSA) is 112 Å². The SMILES string of the molecule is CCCCNc1nc(N)nc2c(CC)nn(Cc3ccc(CNC4CCOCC4)cc3OC)c12. The number of nitrogen functional groups attached to an aromatic ring is 1. The minimum atomic E-state index is 0.264. The van der Waals surface area contributed by atoms with Crippen molar-refractivity contribution in [2.45, 2.75) is 65.1 Å². The van der Waals surface area contributed by atoms with Crippen LogP contribution in [0.15, 0.2) is 18.2 Å². The zero-order chi connectivity index (χ0) is 23.9. The maximum Gasteiger partial charge on any atom is 0.222 e. The molecule has 1 saturated heterocycles. The van der Waals surface area contributed by atoms with E-state index in [9.17, 15) is 0 Å². The number of rotatable bonds is 11. The maximum atomic E-state index is 6.03. The molecule has 3 aromatic rings. The molecule has 1 fully saturated rings. The Kier molecular flexibility index (Phi) is 8.18. The molecule has 2 aromatic heterocycles. The minimum Gasteiger partial charge on any atom is -0.496 e. The summed E-state index contributed by atoms with van der Waals surface area (Å²) in [6, 6.07) is 6.91. The molecule has 0 amide bonds. The van der Waals surface area contributed by atoms with E-state index >= 15 is 0 Å². The van der Waals surface area contributed by atoms with Crippen LogP contribution in [0, 0.1) is 0 Å². The molecular weight excluding hydrogens is 430 g/mol. The number of anilines is 2. The molecule has 34 heavy (non-hydrogen) atoms. The molecule has 1 aliphatic rings. The lowest BCUT2D eigenvalue weighted by Gasteiger charge is -2.23. The van der Waals surface area contributed by atoms with Crippen molar-refractivity contribution in [1.29, 1.82) is 0 Å². The van der Waals surface area contributed by atoms with E-state index in [-0.39, 0.29) is 5.95 Å². The fourth-order valence-electron chi connectivity index (χ4n) is 4.38. The van der Waals surface area contributed by atoms with Gasteiger partial charge >= 0.3 is 0 Å². The Morgan fingerprint density at radius 1 is 1.21 bits per heavy atom. The summed E-state index contributed by atoms with van der Waals surface area (Å²) in [6.45, 7) is 8.11. The molecule has 9 nitrogen and oxygen atoms in total. The summed E-state index contributed by atoms with van der Waals surface area (Å²) in [6.07, 6.45) is 5.04. The number of hydrogen-bond donors (Lipinski definition) is 3. The third-order valence-electron chi connectivity index (χ3n) is 6.32. The van der Waals surface area contributed by atoms with Crippen LogP contribution in [0.2, 0.25) is 0 Å². The third kappa shape index (κ3) is 5.59. The molecule has 0 atom stereocenters. The van der Waals surface area contributed by atoms with E-state index < -0.39 is 0 Å². The second kappa shape index (κ2) is 11.5. The van der Waals surface area contributed by atoms with Crippen molar-refractivity contribution >= 4 is 22.8 Å². The van der Waals surface area contributed by atoms with Gasteiger partial charge in [-0.3, -0.25) is 4.68 Å². The molecule has 184 valence electrons. The summed E-state index contributed by atoms with van der Waals surface area (Å²) in [4.78, 5) is 9.01. The third-order valence-corrected chi connectivity index (χ3v) is 6.32. The van der Waals surface area contributed by atoms with E-state index in [0.29, 0.717) is 12.6 Å². The molecule has 0 saturated carbocycles. The van der Waals surface area contributed by atoms with Crippen molar-refractivity contribution in [3.63, 3.8) is 0 Å². The summed E-state index contributed by atoms with van der Waals surface area (Å²) in [5, 5.41) is 11.9. The lowest BCUT2D eigenvalue weighted by atomic mass is 10.1. The number of unbranched alkanes of at least 4 members (excludes halogenated alkanes) is 1. The van der Waals surface area contributed by atoms with Gasteiger partial charge in [0.1, 0.15) is 16.8 Å². The second-order valence-corrected chi connectivity index (χ2v) is 8.78. The smallest absolute Gasteiger partial charge is 0.222 e. The Bertz CT molecular complexity index is 1090. The normalized spacial score (nSPS) is 14.6. The number of methoxy groups -OCH3 is 1. The van der Waals surface area contributed by atoms with Gasteiger partial charge in [0.25, 0.3) is 0 Å². The molecule has 0 radical (unpaired) electrons. The Morgan fingerprint density at radius 3 is 2.76 bits per heavy atom. The average Bonchev–Trinajstić information content (AvgIpc) is 3.21. The van der Waals surface area contributed by atoms with Crippen LogP contribution in [0.1, 0.15) is 56.4 Å². The molecule has 1 aromatic carbocycles. The van der Waals surface area contributed by atoms with Gasteiger partial charge in [-0.25, -0.2) is 4.98 Å². The summed E-state index contributed by atoms with van der Waals surface area (Å²) in [7, 11) is 1.72. The van der Waals surface area contributed by atoms with Crippen LogP contribution in [0.4, 0.5) is 11.8 Å². The average molecular weight is 468 g/mol. The van der Waals surface area contributed by atoms with Gasteiger partial charge in [0, 0.05) is 37.9 Å². The van der Waals surface area contributed by atoms with Crippen molar-refractivity contribution in [3.8, 4) is 5.75 Å². The van der Waals surface area contributed by atoms with E-state index in [1.807, 2.05) is 4.68 Å². The molecule has 4 N–H and O–H groups in total. The summed E-state index contributed by atoms with van der Waals surface area (Å²) < 4.78 is 13.2. The molecule has 1 aliphatic heterocycles. The molecule has 9 heteroatoms. The standard InChI is InChI=1S/C25H37N7O2/c1-4-6-11-27-24-23-22(29-25(26)30-24)20(5-2)31-32(23)16-18-8-7-17(14-21(18)33-3)15-28-19-9-12-34-13-10-19/h7-8,14,19,28H,4-6,9-13,15-16H2,1-3H3,(H3,26,27,29,30). The van der Waals surface area contributed by atoms with Gasteiger partial charge in [0.05, 0.1) is 19.3 Å². The highest BCUT2D eigenvalue weighted by Gasteiger charge is 2.19. The van der Waals surface area contributed by atoms with Gasteiger partial charge in [-0.15, -0.1) is 0 Å². The van der Waals surface area contributed by atoms with E-state index in [1.165, 1.54) is 5.56 Å². The van der Waals surface area contributed by atoms with E-state index in [0.717, 1.165) is 92.3 Å². The fourth-order valence-corrected chi connectivity index (χ4v) is 4.38. The molecule has 0 spiro atoms. The van der Waals surface area contributed by atoms with Gasteiger partial charge in [0.15, 0.2) is 5.82 Å². The Hall–Kier alpha value is -2.91. The summed E-state index contributed by atoms with van der Waals surface area (Å²) in [5.74, 6) is 1.85. The Balaban J connectivity index is 1.59. The highest BCUT2D eigenvalue weighted by Crippen LogP contribution is 2.28. The van der Waals surface area contributed by atoms with Crippen molar-refractivity contribution in [1.82, 2.24) is 25.1 Å². The van der Waals surface area contributed by atoms with Crippen LogP contribution in [-0.2, 0) is 24.2 Å². The quantitative estimate of drug-likeness (QED) is 0.367. The zero-order valence-electron chi connectivity index (χ0n) is 20.6. The number of fused-ring (bicyclic) bond motifs is 1. The molecule has 3 heterocycles. The van der Waals surface area contributed by atoms with E-state index in [1.54, 1.807) is 7.11 Å². The van der Waals surface area contributed by atoms with Crippen LogP contribution < -0.4 is 21.1 Å². The van der Waals surface area contributed by atoms with Crippen molar-refractivity contribution in [2.24, 2.45) is 0 Å². The predicted molar refractivity (Wildman–Crippen MR) is 135 cm³/mol. The van der Waals surface area contributed by atoms with Crippen LogP contribution in [0.3, 0.4) is 0 Å². The lowest BCUT2D eigenvalue weighted by molar-refractivity contribution is 0.0776. The number of nitrogens with two attached hydrogens (primary N) is 1. The number of aromatic nitrogens is 4. The minimum absolute atomic E-state index is 0.264. The molecule has 4 rings (SSSR count).